The molecule has 0 saturated carbocycles. The highest BCUT2D eigenvalue weighted by Crippen LogP contribution is 2.19. The van der Waals surface area contributed by atoms with Crippen molar-refractivity contribution in [2.45, 2.75) is 398 Å². The molecule has 0 aliphatic carbocycles. The van der Waals surface area contributed by atoms with Crippen molar-refractivity contribution in [1.82, 2.24) is 5.32 Å². The van der Waals surface area contributed by atoms with Crippen LogP contribution in [0.25, 0.3) is 0 Å². The van der Waals surface area contributed by atoms with Crippen molar-refractivity contribution in [3.8, 4) is 0 Å². The fourth-order valence-electron chi connectivity index (χ4n) is 10.8. The lowest BCUT2D eigenvalue weighted by Crippen LogP contribution is -2.45. The minimum atomic E-state index is -0.927. The van der Waals surface area contributed by atoms with Gasteiger partial charge in [-0.05, 0) is 19.3 Å². The summed E-state index contributed by atoms with van der Waals surface area (Å²) in [5, 5.41) is 33.6. The Labute approximate surface area is 446 Å². The van der Waals surface area contributed by atoms with E-state index in [1.807, 2.05) is 6.08 Å². The first kappa shape index (κ1) is 70.1. The molecule has 0 radical (unpaired) electrons. The quantitative estimate of drug-likeness (QED) is 0.0361. The average molecular weight is 1000 g/mol. The van der Waals surface area contributed by atoms with Gasteiger partial charge in [-0.3, -0.25) is 4.79 Å². The lowest BCUT2D eigenvalue weighted by Gasteiger charge is -2.21. The van der Waals surface area contributed by atoms with Crippen molar-refractivity contribution in [2.75, 3.05) is 6.61 Å². The van der Waals surface area contributed by atoms with E-state index in [0.717, 1.165) is 25.7 Å². The van der Waals surface area contributed by atoms with Crippen LogP contribution in [0, 0.1) is 0 Å². The predicted octanol–water partition coefficient (Wildman–Crippen LogP) is 21.0. The molecule has 424 valence electrons. The molecular formula is C66H131NO4. The standard InChI is InChI=1S/C66H131NO4/c1-3-5-7-9-11-13-15-17-19-21-23-25-27-29-30-31-32-33-34-36-37-39-41-43-45-47-49-51-53-55-57-59-63(69)61-66(71)67-64(62-68)65(70)60-58-56-54-52-50-48-46-44-42-40-38-35-28-26-24-22-20-18-16-14-12-10-8-6-4-2/h58,60,63-65,68-70H,3-57,59,61-62H2,1-2H3,(H,67,71)/b60-58+. The van der Waals surface area contributed by atoms with E-state index in [0.29, 0.717) is 6.42 Å². The zero-order chi connectivity index (χ0) is 51.4. The lowest BCUT2D eigenvalue weighted by molar-refractivity contribution is -0.124. The van der Waals surface area contributed by atoms with Crippen molar-refractivity contribution in [3.05, 3.63) is 12.2 Å². The molecule has 0 saturated heterocycles. The first-order chi connectivity index (χ1) is 35.0. The van der Waals surface area contributed by atoms with Crippen LogP contribution in [0.4, 0.5) is 0 Å². The molecule has 0 aromatic rings. The SMILES string of the molecule is CCCCCCCCCCCCCCCCCCCCCCCCC/C=C/C(O)C(CO)NC(=O)CC(O)CCCCCCCCCCCCCCCCCCCCCCCCCCCCCCCCC. The fraction of sp³-hybridized carbons (Fsp3) is 0.955. The van der Waals surface area contributed by atoms with E-state index < -0.39 is 18.2 Å². The van der Waals surface area contributed by atoms with Gasteiger partial charge in [0.15, 0.2) is 0 Å². The summed E-state index contributed by atoms with van der Waals surface area (Å²) >= 11 is 0. The molecule has 0 aromatic heterocycles. The van der Waals surface area contributed by atoms with Crippen molar-refractivity contribution >= 4 is 5.91 Å². The molecule has 0 spiro atoms. The largest absolute Gasteiger partial charge is 0.394 e. The van der Waals surface area contributed by atoms with Crippen molar-refractivity contribution in [2.24, 2.45) is 0 Å². The van der Waals surface area contributed by atoms with Gasteiger partial charge in [0.1, 0.15) is 0 Å². The molecule has 3 unspecified atom stereocenters. The molecule has 0 rings (SSSR count). The summed E-state index contributed by atoms with van der Waals surface area (Å²) in [5.74, 6) is -0.306. The Balaban J connectivity index is 3.48. The number of carbonyl (C=O) groups excluding carboxylic acids is 1. The maximum absolute atomic E-state index is 12.6. The summed E-state index contributed by atoms with van der Waals surface area (Å²) in [5.41, 5.74) is 0. The molecule has 0 aliphatic heterocycles. The molecule has 0 fully saturated rings. The van der Waals surface area contributed by atoms with E-state index in [1.165, 1.54) is 327 Å². The van der Waals surface area contributed by atoms with Gasteiger partial charge in [0.05, 0.1) is 31.3 Å². The van der Waals surface area contributed by atoms with Gasteiger partial charge in [-0.2, -0.15) is 0 Å². The van der Waals surface area contributed by atoms with E-state index in [2.05, 4.69) is 19.2 Å². The second-order valence-electron chi connectivity index (χ2n) is 23.1. The van der Waals surface area contributed by atoms with Crippen LogP contribution < -0.4 is 5.32 Å². The highest BCUT2D eigenvalue weighted by Gasteiger charge is 2.20. The predicted molar refractivity (Wildman–Crippen MR) is 315 cm³/mol. The van der Waals surface area contributed by atoms with Crippen molar-refractivity contribution in [3.63, 3.8) is 0 Å². The monoisotopic (exact) mass is 1000 g/mol. The smallest absolute Gasteiger partial charge is 0.222 e. The van der Waals surface area contributed by atoms with Gasteiger partial charge in [-0.25, -0.2) is 0 Å². The van der Waals surface area contributed by atoms with Crippen LogP contribution in [-0.2, 0) is 4.79 Å². The molecule has 0 aliphatic rings. The molecule has 5 heteroatoms. The number of amides is 1. The maximum Gasteiger partial charge on any atom is 0.222 e. The van der Waals surface area contributed by atoms with Crippen LogP contribution >= 0.6 is 0 Å². The molecular weight excluding hydrogens is 871 g/mol. The Morgan fingerprint density at radius 3 is 0.817 bits per heavy atom. The minimum Gasteiger partial charge on any atom is -0.394 e. The lowest BCUT2D eigenvalue weighted by atomic mass is 10.0. The molecule has 0 aromatic carbocycles. The van der Waals surface area contributed by atoms with Gasteiger partial charge in [-0.1, -0.05) is 366 Å². The van der Waals surface area contributed by atoms with Crippen LogP contribution in [0.5, 0.6) is 0 Å². The Morgan fingerprint density at radius 1 is 0.352 bits per heavy atom. The molecule has 1 amide bonds. The number of aliphatic hydroxyl groups is 3. The third-order valence-electron chi connectivity index (χ3n) is 15.8. The third-order valence-corrected chi connectivity index (χ3v) is 15.8. The second-order valence-corrected chi connectivity index (χ2v) is 23.1. The van der Waals surface area contributed by atoms with Crippen LogP contribution in [-0.4, -0.2) is 46.1 Å². The summed E-state index contributed by atoms with van der Waals surface area (Å²) in [6.07, 6.45) is 78.8. The van der Waals surface area contributed by atoms with Crippen molar-refractivity contribution < 1.29 is 20.1 Å². The highest BCUT2D eigenvalue weighted by molar-refractivity contribution is 5.76. The number of aliphatic hydroxyl groups excluding tert-OH is 3. The van der Waals surface area contributed by atoms with Gasteiger partial charge in [-0.15, -0.1) is 0 Å². The number of unbranched alkanes of at least 4 members (excludes halogenated alkanes) is 53. The van der Waals surface area contributed by atoms with E-state index >= 15 is 0 Å². The number of allylic oxidation sites excluding steroid dienone is 1. The van der Waals surface area contributed by atoms with Gasteiger partial charge in [0.2, 0.25) is 5.91 Å². The molecule has 0 heterocycles. The number of hydrogen-bond acceptors (Lipinski definition) is 4. The summed E-state index contributed by atoms with van der Waals surface area (Å²) in [6, 6.07) is -0.742. The Hall–Kier alpha value is -0.910. The van der Waals surface area contributed by atoms with Crippen LogP contribution in [0.3, 0.4) is 0 Å². The molecule has 3 atom stereocenters. The number of nitrogens with one attached hydrogen (secondary N) is 1. The number of hydrogen-bond donors (Lipinski definition) is 4. The Morgan fingerprint density at radius 2 is 0.577 bits per heavy atom. The topological polar surface area (TPSA) is 89.8 Å². The van der Waals surface area contributed by atoms with Gasteiger partial charge in [0.25, 0.3) is 0 Å². The number of carbonyl (C=O) groups is 1. The normalized spacial score (nSPS) is 13.1. The summed E-state index contributed by atoms with van der Waals surface area (Å²) < 4.78 is 0. The Kier molecular flexibility index (Phi) is 60.8. The molecule has 5 nitrogen and oxygen atoms in total. The van der Waals surface area contributed by atoms with Gasteiger partial charge < -0.3 is 20.6 Å². The van der Waals surface area contributed by atoms with E-state index in [-0.39, 0.29) is 18.9 Å². The molecule has 0 bridgehead atoms. The Bertz CT molecular complexity index is 1020. The van der Waals surface area contributed by atoms with E-state index in [4.69, 9.17) is 0 Å². The first-order valence-corrected chi connectivity index (χ1v) is 33.0. The van der Waals surface area contributed by atoms with Crippen LogP contribution in [0.2, 0.25) is 0 Å². The third kappa shape index (κ3) is 58.2. The summed E-state index contributed by atoms with van der Waals surface area (Å²) in [6.45, 7) is 4.27. The van der Waals surface area contributed by atoms with Gasteiger partial charge >= 0.3 is 0 Å². The van der Waals surface area contributed by atoms with Gasteiger partial charge in [0, 0.05) is 0 Å². The van der Waals surface area contributed by atoms with E-state index in [1.54, 1.807) is 6.08 Å². The average Bonchev–Trinajstić information content (AvgIpc) is 3.37. The summed E-state index contributed by atoms with van der Waals surface area (Å²) in [7, 11) is 0. The molecule has 4 N–H and O–H groups in total. The maximum atomic E-state index is 12.6. The van der Waals surface area contributed by atoms with Crippen LogP contribution in [0.15, 0.2) is 12.2 Å². The molecule has 71 heavy (non-hydrogen) atoms. The second kappa shape index (κ2) is 61.6. The zero-order valence-corrected chi connectivity index (χ0v) is 48.6. The highest BCUT2D eigenvalue weighted by atomic mass is 16.3. The minimum absolute atomic E-state index is 0.0199. The number of rotatable bonds is 62. The van der Waals surface area contributed by atoms with Crippen molar-refractivity contribution in [1.29, 1.82) is 0 Å². The fourth-order valence-corrected chi connectivity index (χ4v) is 10.8. The van der Waals surface area contributed by atoms with E-state index in [9.17, 15) is 20.1 Å². The zero-order valence-electron chi connectivity index (χ0n) is 48.6. The summed E-state index contributed by atoms with van der Waals surface area (Å²) in [4.78, 5) is 12.6. The van der Waals surface area contributed by atoms with Crippen LogP contribution in [0.1, 0.15) is 380 Å². The first-order valence-electron chi connectivity index (χ1n) is 33.0.